The van der Waals surface area contributed by atoms with Crippen LogP contribution in [0.15, 0.2) is 66.7 Å². The smallest absolute Gasteiger partial charge is 0.265 e. The van der Waals surface area contributed by atoms with Crippen LogP contribution in [0.2, 0.25) is 0 Å². The number of carbonyl (C=O) groups excluding carboxylic acids is 1. The van der Waals surface area contributed by atoms with Crippen molar-refractivity contribution in [3.63, 3.8) is 0 Å². The predicted octanol–water partition coefficient (Wildman–Crippen LogP) is 5.03. The number of hydrogen-bond acceptors (Lipinski definition) is 3. The van der Waals surface area contributed by atoms with E-state index in [9.17, 15) is 4.79 Å². The van der Waals surface area contributed by atoms with Crippen LogP contribution < -0.4 is 14.8 Å². The first-order chi connectivity index (χ1) is 12.7. The number of nitrogens with one attached hydrogen (secondary N) is 1. The van der Waals surface area contributed by atoms with E-state index in [1.807, 2.05) is 74.5 Å². The molecule has 3 rings (SSSR count). The van der Waals surface area contributed by atoms with E-state index in [1.54, 1.807) is 0 Å². The molecule has 1 amide bonds. The average Bonchev–Trinajstić information content (AvgIpc) is 2.67. The molecule has 0 heterocycles. The largest absolute Gasteiger partial charge is 0.494 e. The predicted molar refractivity (Wildman–Crippen MR) is 105 cm³/mol. The Labute approximate surface area is 153 Å². The van der Waals surface area contributed by atoms with E-state index in [0.29, 0.717) is 18.8 Å². The van der Waals surface area contributed by atoms with Crippen molar-refractivity contribution in [1.82, 2.24) is 0 Å². The molecule has 3 aromatic carbocycles. The van der Waals surface area contributed by atoms with Crippen molar-refractivity contribution >= 4 is 22.4 Å². The lowest BCUT2D eigenvalue weighted by atomic mass is 10.1. The molecular formula is C22H23NO3. The maximum atomic E-state index is 12.6. The summed E-state index contributed by atoms with van der Waals surface area (Å²) in [6.45, 7) is 4.48. The number of amides is 1. The summed E-state index contributed by atoms with van der Waals surface area (Å²) in [5, 5.41) is 5.13. The summed E-state index contributed by atoms with van der Waals surface area (Å²) in [6.07, 6.45) is 0.0260. The highest BCUT2D eigenvalue weighted by Gasteiger charge is 2.18. The molecular weight excluding hydrogens is 326 g/mol. The molecule has 0 aliphatic carbocycles. The van der Waals surface area contributed by atoms with Gasteiger partial charge in [0.05, 0.1) is 6.61 Å². The normalized spacial score (nSPS) is 11.8. The summed E-state index contributed by atoms with van der Waals surface area (Å²) >= 11 is 0. The van der Waals surface area contributed by atoms with Gasteiger partial charge in [0.25, 0.3) is 5.91 Å². The third-order valence-electron chi connectivity index (χ3n) is 4.10. The number of benzene rings is 3. The molecule has 0 spiro atoms. The highest BCUT2D eigenvalue weighted by Crippen LogP contribution is 2.22. The van der Waals surface area contributed by atoms with Gasteiger partial charge in [0.15, 0.2) is 6.10 Å². The molecule has 0 aliphatic rings. The van der Waals surface area contributed by atoms with Crippen molar-refractivity contribution in [2.45, 2.75) is 26.4 Å². The zero-order valence-electron chi connectivity index (χ0n) is 15.1. The SMILES string of the molecule is CCOc1ccc(NC(=O)[C@@H](CC)Oc2ccc3ccccc3c2)cc1. The molecule has 0 aliphatic heterocycles. The molecule has 4 heteroatoms. The van der Waals surface area contributed by atoms with Crippen LogP contribution in [0.5, 0.6) is 11.5 Å². The molecule has 0 fully saturated rings. The van der Waals surface area contributed by atoms with Crippen LogP contribution in [0.25, 0.3) is 10.8 Å². The number of carbonyl (C=O) groups is 1. The molecule has 3 aromatic rings. The summed E-state index contributed by atoms with van der Waals surface area (Å²) in [5.74, 6) is 1.31. The highest BCUT2D eigenvalue weighted by atomic mass is 16.5. The summed E-state index contributed by atoms with van der Waals surface area (Å²) in [7, 11) is 0. The van der Waals surface area contributed by atoms with Crippen LogP contribution in [0.3, 0.4) is 0 Å². The molecule has 1 atom stereocenters. The molecule has 0 bridgehead atoms. The van der Waals surface area contributed by atoms with E-state index >= 15 is 0 Å². The van der Waals surface area contributed by atoms with Gasteiger partial charge in [-0.1, -0.05) is 37.3 Å². The lowest BCUT2D eigenvalue weighted by Crippen LogP contribution is -2.32. The van der Waals surface area contributed by atoms with E-state index in [2.05, 4.69) is 11.4 Å². The van der Waals surface area contributed by atoms with Gasteiger partial charge in [-0.3, -0.25) is 4.79 Å². The quantitative estimate of drug-likeness (QED) is 0.650. The number of ether oxygens (including phenoxy) is 2. The van der Waals surface area contributed by atoms with E-state index in [1.165, 1.54) is 0 Å². The van der Waals surface area contributed by atoms with E-state index in [0.717, 1.165) is 22.2 Å². The van der Waals surface area contributed by atoms with Crippen LogP contribution in [0.4, 0.5) is 5.69 Å². The fraction of sp³-hybridized carbons (Fsp3) is 0.227. The van der Waals surface area contributed by atoms with E-state index in [-0.39, 0.29) is 5.91 Å². The maximum absolute atomic E-state index is 12.6. The van der Waals surface area contributed by atoms with Crippen LogP contribution >= 0.6 is 0 Å². The highest BCUT2D eigenvalue weighted by molar-refractivity contribution is 5.94. The number of anilines is 1. The zero-order valence-corrected chi connectivity index (χ0v) is 15.1. The third kappa shape index (κ3) is 4.33. The monoisotopic (exact) mass is 349 g/mol. The maximum Gasteiger partial charge on any atom is 0.265 e. The van der Waals surface area contributed by atoms with Crippen LogP contribution in [0.1, 0.15) is 20.3 Å². The van der Waals surface area contributed by atoms with Crippen molar-refractivity contribution in [2.75, 3.05) is 11.9 Å². The van der Waals surface area contributed by atoms with Gasteiger partial charge in [-0.25, -0.2) is 0 Å². The number of fused-ring (bicyclic) bond motifs is 1. The summed E-state index contributed by atoms with van der Waals surface area (Å²) in [6, 6.07) is 21.3. The average molecular weight is 349 g/mol. The van der Waals surface area contributed by atoms with Gasteiger partial charge < -0.3 is 14.8 Å². The third-order valence-corrected chi connectivity index (χ3v) is 4.10. The van der Waals surface area contributed by atoms with Crippen molar-refractivity contribution in [3.8, 4) is 11.5 Å². The van der Waals surface area contributed by atoms with Crippen molar-refractivity contribution in [1.29, 1.82) is 0 Å². The minimum absolute atomic E-state index is 0.162. The Morgan fingerprint density at radius 3 is 2.31 bits per heavy atom. The van der Waals surface area contributed by atoms with Crippen molar-refractivity contribution < 1.29 is 14.3 Å². The van der Waals surface area contributed by atoms with Crippen LogP contribution in [-0.2, 0) is 4.79 Å². The first-order valence-electron chi connectivity index (χ1n) is 8.88. The fourth-order valence-electron chi connectivity index (χ4n) is 2.75. The second-order valence-corrected chi connectivity index (χ2v) is 5.97. The summed E-state index contributed by atoms with van der Waals surface area (Å²) < 4.78 is 11.3. The van der Waals surface area contributed by atoms with E-state index in [4.69, 9.17) is 9.47 Å². The topological polar surface area (TPSA) is 47.6 Å². The van der Waals surface area contributed by atoms with Gasteiger partial charge >= 0.3 is 0 Å². The Morgan fingerprint density at radius 1 is 0.923 bits per heavy atom. The second kappa shape index (κ2) is 8.39. The lowest BCUT2D eigenvalue weighted by molar-refractivity contribution is -0.122. The Balaban J connectivity index is 1.67. The standard InChI is InChI=1S/C22H23NO3/c1-3-21(22(24)23-18-10-13-19(14-11-18)25-4-2)26-20-12-9-16-7-5-6-8-17(16)15-20/h5-15,21H,3-4H2,1-2H3,(H,23,24)/t21-/m1/s1. The van der Waals surface area contributed by atoms with E-state index < -0.39 is 6.10 Å². The zero-order chi connectivity index (χ0) is 18.4. The minimum Gasteiger partial charge on any atom is -0.494 e. The number of hydrogen-bond donors (Lipinski definition) is 1. The molecule has 0 radical (unpaired) electrons. The van der Waals surface area contributed by atoms with Gasteiger partial charge in [0.2, 0.25) is 0 Å². The molecule has 0 aromatic heterocycles. The second-order valence-electron chi connectivity index (χ2n) is 5.97. The molecule has 0 unspecified atom stereocenters. The summed E-state index contributed by atoms with van der Waals surface area (Å²) in [4.78, 5) is 12.6. The first-order valence-corrected chi connectivity index (χ1v) is 8.88. The molecule has 134 valence electrons. The van der Waals surface area contributed by atoms with Crippen LogP contribution in [0, 0.1) is 0 Å². The van der Waals surface area contributed by atoms with Gasteiger partial charge in [0, 0.05) is 5.69 Å². The van der Waals surface area contributed by atoms with Crippen molar-refractivity contribution in [3.05, 3.63) is 66.7 Å². The Morgan fingerprint density at radius 2 is 1.62 bits per heavy atom. The fourth-order valence-corrected chi connectivity index (χ4v) is 2.75. The molecule has 0 saturated heterocycles. The lowest BCUT2D eigenvalue weighted by Gasteiger charge is -2.18. The van der Waals surface area contributed by atoms with Gasteiger partial charge in [-0.15, -0.1) is 0 Å². The van der Waals surface area contributed by atoms with Gasteiger partial charge in [-0.05, 0) is 60.5 Å². The molecule has 26 heavy (non-hydrogen) atoms. The molecule has 4 nitrogen and oxygen atoms in total. The Bertz CT molecular complexity index is 874. The summed E-state index contributed by atoms with van der Waals surface area (Å²) in [5.41, 5.74) is 0.721. The Hall–Kier alpha value is -3.01. The first kappa shape index (κ1) is 17.8. The molecule has 1 N–H and O–H groups in total. The van der Waals surface area contributed by atoms with Gasteiger partial charge in [-0.2, -0.15) is 0 Å². The van der Waals surface area contributed by atoms with Gasteiger partial charge in [0.1, 0.15) is 11.5 Å². The van der Waals surface area contributed by atoms with Crippen LogP contribution in [-0.4, -0.2) is 18.6 Å². The Kier molecular flexibility index (Phi) is 5.74. The number of rotatable bonds is 7. The minimum atomic E-state index is -0.553. The molecule has 0 saturated carbocycles. The van der Waals surface area contributed by atoms with Crippen molar-refractivity contribution in [2.24, 2.45) is 0 Å².